The minimum Gasteiger partial charge on any atom is -0.494 e. The molecule has 0 aliphatic carbocycles. The van der Waals surface area contributed by atoms with Gasteiger partial charge in [0.1, 0.15) is 11.6 Å². The van der Waals surface area contributed by atoms with Gasteiger partial charge in [0, 0.05) is 68.7 Å². The predicted octanol–water partition coefficient (Wildman–Crippen LogP) is 5.04. The van der Waals surface area contributed by atoms with Crippen molar-refractivity contribution in [2.45, 2.75) is 0 Å². The van der Waals surface area contributed by atoms with Crippen LogP contribution in [-0.4, -0.2) is 50.9 Å². The molecule has 1 fully saturated rings. The molecule has 5 rings (SSSR count). The first-order valence-electron chi connectivity index (χ1n) is 10.6. The standard InChI is InChI=1S/C23H22ClFN6O2S/c1-33-21-11-15(31-6-8-34(26,32)9-7-31)3-5-19(21)29-23-28-13-18(24)22(30-23)17-12-27-20-10-14(25)2-4-16(17)20/h2-5,10-13,26-27H,6-9H2,1H3,(H,28,29,30). The van der Waals surface area contributed by atoms with Crippen molar-refractivity contribution >= 4 is 49.6 Å². The van der Waals surface area contributed by atoms with Gasteiger partial charge in [-0.2, -0.15) is 0 Å². The number of benzene rings is 2. The summed E-state index contributed by atoms with van der Waals surface area (Å²) >= 11 is 6.40. The fraction of sp³-hybridized carbons (Fsp3) is 0.217. The van der Waals surface area contributed by atoms with E-state index >= 15 is 0 Å². The lowest BCUT2D eigenvalue weighted by molar-refractivity contribution is 0.416. The van der Waals surface area contributed by atoms with Gasteiger partial charge in [-0.25, -0.2) is 18.6 Å². The van der Waals surface area contributed by atoms with Crippen LogP contribution < -0.4 is 15.0 Å². The Hall–Kier alpha value is -3.37. The number of methoxy groups -OCH3 is 1. The van der Waals surface area contributed by atoms with E-state index in [1.54, 1.807) is 19.4 Å². The number of hydrogen-bond acceptors (Lipinski definition) is 7. The maximum Gasteiger partial charge on any atom is 0.227 e. The van der Waals surface area contributed by atoms with Gasteiger partial charge in [-0.05, 0) is 30.3 Å². The highest BCUT2D eigenvalue weighted by atomic mass is 35.5. The minimum absolute atomic E-state index is 0.328. The van der Waals surface area contributed by atoms with Crippen LogP contribution in [0.25, 0.3) is 22.2 Å². The van der Waals surface area contributed by atoms with Crippen LogP contribution >= 0.6 is 11.6 Å². The Morgan fingerprint density at radius 1 is 1.24 bits per heavy atom. The Morgan fingerprint density at radius 2 is 2.03 bits per heavy atom. The Morgan fingerprint density at radius 3 is 2.79 bits per heavy atom. The molecule has 2 aromatic heterocycles. The van der Waals surface area contributed by atoms with Gasteiger partial charge in [0.25, 0.3) is 0 Å². The number of H-pyrrole nitrogens is 1. The van der Waals surface area contributed by atoms with E-state index in [4.69, 9.17) is 21.1 Å². The van der Waals surface area contributed by atoms with Crippen LogP contribution in [0.4, 0.5) is 21.7 Å². The third-order valence-corrected chi connectivity index (χ3v) is 7.78. The molecule has 4 aromatic rings. The van der Waals surface area contributed by atoms with E-state index in [9.17, 15) is 8.60 Å². The summed E-state index contributed by atoms with van der Waals surface area (Å²) < 4.78 is 38.9. The Bertz CT molecular complexity index is 1480. The quantitative estimate of drug-likeness (QED) is 0.354. The summed E-state index contributed by atoms with van der Waals surface area (Å²) in [5, 5.41) is 4.35. The molecular weight excluding hydrogens is 479 g/mol. The molecule has 8 nitrogen and oxygen atoms in total. The van der Waals surface area contributed by atoms with Crippen LogP contribution in [0, 0.1) is 10.6 Å². The number of rotatable bonds is 5. The number of fused-ring (bicyclic) bond motifs is 1. The number of hydrogen-bond donors (Lipinski definition) is 3. The molecule has 1 aliphatic heterocycles. The topological polar surface area (TPSA) is 107 Å². The molecule has 0 saturated carbocycles. The number of aromatic amines is 1. The van der Waals surface area contributed by atoms with Crippen molar-refractivity contribution in [3.05, 3.63) is 59.6 Å². The highest BCUT2D eigenvalue weighted by Gasteiger charge is 2.20. The summed E-state index contributed by atoms with van der Waals surface area (Å²) in [5.41, 5.74) is 3.50. The summed E-state index contributed by atoms with van der Waals surface area (Å²) in [6, 6.07) is 10.2. The largest absolute Gasteiger partial charge is 0.494 e. The van der Waals surface area contributed by atoms with E-state index in [0.29, 0.717) is 58.2 Å². The highest BCUT2D eigenvalue weighted by molar-refractivity contribution is 7.92. The lowest BCUT2D eigenvalue weighted by atomic mass is 10.1. The first kappa shape index (κ1) is 22.4. The molecule has 34 heavy (non-hydrogen) atoms. The zero-order chi connectivity index (χ0) is 23.9. The van der Waals surface area contributed by atoms with Gasteiger partial charge in [0.2, 0.25) is 5.95 Å². The molecule has 0 radical (unpaired) electrons. The number of nitrogens with one attached hydrogen (secondary N) is 3. The van der Waals surface area contributed by atoms with Crippen LogP contribution in [0.2, 0.25) is 5.02 Å². The van der Waals surface area contributed by atoms with Gasteiger partial charge in [0.15, 0.2) is 0 Å². The van der Waals surface area contributed by atoms with Crippen molar-refractivity contribution in [3.8, 4) is 17.0 Å². The highest BCUT2D eigenvalue weighted by Crippen LogP contribution is 2.35. The van der Waals surface area contributed by atoms with Gasteiger partial charge in [-0.3, -0.25) is 4.78 Å². The molecule has 2 aromatic carbocycles. The molecule has 1 saturated heterocycles. The average Bonchev–Trinajstić information content (AvgIpc) is 3.23. The summed E-state index contributed by atoms with van der Waals surface area (Å²) in [5.74, 6) is 1.31. The number of anilines is 3. The normalized spacial score (nSPS) is 15.4. The van der Waals surface area contributed by atoms with Gasteiger partial charge < -0.3 is 19.9 Å². The molecule has 11 heteroatoms. The Kier molecular flexibility index (Phi) is 5.78. The summed E-state index contributed by atoms with van der Waals surface area (Å²) in [7, 11) is -0.884. The molecular formula is C23H22ClFN6O2S. The molecule has 0 atom stereocenters. The number of nitrogens with zero attached hydrogens (tertiary/aromatic N) is 3. The molecule has 0 amide bonds. The van der Waals surface area contributed by atoms with Crippen LogP contribution in [0.5, 0.6) is 5.75 Å². The van der Waals surface area contributed by atoms with Gasteiger partial charge >= 0.3 is 0 Å². The third kappa shape index (κ3) is 4.38. The molecule has 3 heterocycles. The maximum atomic E-state index is 13.6. The molecule has 3 N–H and O–H groups in total. The molecule has 0 spiro atoms. The lowest BCUT2D eigenvalue weighted by Crippen LogP contribution is -2.39. The van der Waals surface area contributed by atoms with Crippen molar-refractivity contribution in [3.63, 3.8) is 0 Å². The third-order valence-electron chi connectivity index (χ3n) is 5.82. The first-order valence-corrected chi connectivity index (χ1v) is 12.8. The smallest absolute Gasteiger partial charge is 0.227 e. The van der Waals surface area contributed by atoms with Crippen molar-refractivity contribution in [2.75, 3.05) is 41.9 Å². The summed E-state index contributed by atoms with van der Waals surface area (Å²) in [6.45, 7) is 1.13. The monoisotopic (exact) mass is 500 g/mol. The van der Waals surface area contributed by atoms with E-state index < -0.39 is 9.73 Å². The number of aromatic nitrogens is 3. The van der Waals surface area contributed by atoms with Crippen LogP contribution in [0.3, 0.4) is 0 Å². The molecule has 1 aliphatic rings. The van der Waals surface area contributed by atoms with Crippen LogP contribution in [0.15, 0.2) is 48.8 Å². The van der Waals surface area contributed by atoms with Gasteiger partial charge in [-0.1, -0.05) is 11.6 Å². The zero-order valence-electron chi connectivity index (χ0n) is 18.3. The van der Waals surface area contributed by atoms with Crippen molar-refractivity contribution in [2.24, 2.45) is 0 Å². The van der Waals surface area contributed by atoms with E-state index in [-0.39, 0.29) is 5.82 Å². The second-order valence-corrected chi connectivity index (χ2v) is 10.8. The van der Waals surface area contributed by atoms with E-state index in [1.807, 2.05) is 18.2 Å². The van der Waals surface area contributed by atoms with Crippen LogP contribution in [-0.2, 0) is 9.73 Å². The zero-order valence-corrected chi connectivity index (χ0v) is 19.8. The van der Waals surface area contributed by atoms with Crippen molar-refractivity contribution in [1.29, 1.82) is 4.78 Å². The summed E-state index contributed by atoms with van der Waals surface area (Å²) in [4.78, 5) is 14.0. The maximum absolute atomic E-state index is 13.6. The second-order valence-electron chi connectivity index (χ2n) is 8.00. The number of ether oxygens (including phenoxy) is 1. The second kappa shape index (κ2) is 8.77. The van der Waals surface area contributed by atoms with Crippen molar-refractivity contribution in [1.82, 2.24) is 15.0 Å². The molecule has 0 unspecified atom stereocenters. The fourth-order valence-corrected chi connectivity index (χ4v) is 5.43. The average molecular weight is 501 g/mol. The molecule has 176 valence electrons. The lowest BCUT2D eigenvalue weighted by Gasteiger charge is -2.30. The van der Waals surface area contributed by atoms with E-state index in [1.165, 1.54) is 18.3 Å². The number of halogens is 2. The van der Waals surface area contributed by atoms with Gasteiger partial charge in [0.05, 0.1) is 29.7 Å². The van der Waals surface area contributed by atoms with E-state index in [2.05, 4.69) is 25.2 Å². The SMILES string of the molecule is COc1cc(N2CCS(=N)(=O)CC2)ccc1Nc1ncc(Cl)c(-c2c[nH]c3cc(F)ccc23)n1. The molecule has 0 bridgehead atoms. The Labute approximate surface area is 201 Å². The van der Waals surface area contributed by atoms with Crippen molar-refractivity contribution < 1.29 is 13.3 Å². The van der Waals surface area contributed by atoms with Gasteiger partial charge in [-0.15, -0.1) is 0 Å². The first-order chi connectivity index (χ1) is 16.3. The summed E-state index contributed by atoms with van der Waals surface area (Å²) in [6.07, 6.45) is 3.26. The minimum atomic E-state index is -2.46. The Balaban J connectivity index is 1.43. The fourth-order valence-electron chi connectivity index (χ4n) is 4.00. The van der Waals surface area contributed by atoms with E-state index in [0.717, 1.165) is 16.6 Å². The van der Waals surface area contributed by atoms with Crippen LogP contribution in [0.1, 0.15) is 0 Å². The predicted molar refractivity (Wildman–Crippen MR) is 133 cm³/mol.